The van der Waals surface area contributed by atoms with Crippen LogP contribution < -0.4 is 16.4 Å². The summed E-state index contributed by atoms with van der Waals surface area (Å²) in [6.07, 6.45) is 1.93. The highest BCUT2D eigenvalue weighted by atomic mass is 32.2. The van der Waals surface area contributed by atoms with Crippen molar-refractivity contribution in [3.05, 3.63) is 4.88 Å². The summed E-state index contributed by atoms with van der Waals surface area (Å²) in [5, 5.41) is 0.943. The van der Waals surface area contributed by atoms with E-state index in [-0.39, 0.29) is 0 Å². The normalized spacial score (nSPS) is 10.8. The third-order valence-corrected chi connectivity index (χ3v) is 4.96. The summed E-state index contributed by atoms with van der Waals surface area (Å²) in [6.45, 7) is 2.57. The summed E-state index contributed by atoms with van der Waals surface area (Å²) in [7, 11) is 3.31. The van der Waals surface area contributed by atoms with E-state index in [2.05, 4.69) is 4.90 Å². The Kier molecular flexibility index (Phi) is 7.14. The lowest BCUT2D eigenvalue weighted by Gasteiger charge is -2.23. The minimum absolute atomic E-state index is 0.407. The van der Waals surface area contributed by atoms with E-state index in [1.807, 2.05) is 6.26 Å². The number of amides is 1. The van der Waals surface area contributed by atoms with E-state index >= 15 is 0 Å². The first-order valence-electron chi connectivity index (χ1n) is 6.05. The van der Waals surface area contributed by atoms with E-state index in [9.17, 15) is 4.79 Å². The molecule has 1 rings (SSSR count). The number of thioether (sulfide) groups is 1. The summed E-state index contributed by atoms with van der Waals surface area (Å²) in [4.78, 5) is 14.8. The maximum atomic E-state index is 11.4. The molecule has 0 aliphatic rings. The average Bonchev–Trinajstić information content (AvgIpc) is 2.76. The number of primary amides is 1. The number of nitrogen functional groups attached to an aromatic ring is 1. The molecule has 0 fully saturated rings. The van der Waals surface area contributed by atoms with Gasteiger partial charge in [0.2, 0.25) is 0 Å². The molecule has 1 amide bonds. The molecule has 1 heterocycles. The number of methoxy groups -OCH3 is 2. The van der Waals surface area contributed by atoms with Crippen LogP contribution in [-0.2, 0) is 9.47 Å². The maximum Gasteiger partial charge on any atom is 0.261 e. The molecule has 0 aliphatic heterocycles. The van der Waals surface area contributed by atoms with Gasteiger partial charge in [-0.3, -0.25) is 4.79 Å². The summed E-state index contributed by atoms with van der Waals surface area (Å²) >= 11 is 2.83. The van der Waals surface area contributed by atoms with Crippen molar-refractivity contribution in [3.63, 3.8) is 0 Å². The van der Waals surface area contributed by atoms with Gasteiger partial charge in [-0.1, -0.05) is 0 Å². The Morgan fingerprint density at radius 2 is 1.85 bits per heavy atom. The number of carbonyl (C=O) groups is 1. The van der Waals surface area contributed by atoms with Gasteiger partial charge in [0.25, 0.3) is 5.91 Å². The van der Waals surface area contributed by atoms with Crippen LogP contribution in [0.3, 0.4) is 0 Å². The molecule has 20 heavy (non-hydrogen) atoms. The van der Waals surface area contributed by atoms with E-state index < -0.39 is 5.91 Å². The second kappa shape index (κ2) is 8.35. The lowest BCUT2D eigenvalue weighted by Crippen LogP contribution is -2.30. The van der Waals surface area contributed by atoms with Crippen LogP contribution in [0, 0.1) is 0 Å². The van der Waals surface area contributed by atoms with Gasteiger partial charge in [-0.15, -0.1) is 23.1 Å². The molecular weight excluding hydrogens is 298 g/mol. The van der Waals surface area contributed by atoms with E-state index in [1.54, 1.807) is 14.2 Å². The Balaban J connectivity index is 3.10. The van der Waals surface area contributed by atoms with Crippen LogP contribution in [0.1, 0.15) is 9.67 Å². The second-order valence-corrected chi connectivity index (χ2v) is 5.84. The zero-order chi connectivity index (χ0) is 15.1. The molecule has 114 valence electrons. The van der Waals surface area contributed by atoms with Crippen molar-refractivity contribution in [1.29, 1.82) is 0 Å². The third-order valence-electron chi connectivity index (χ3n) is 2.73. The molecule has 0 bridgehead atoms. The number of nitrogens with zero attached hydrogens (tertiary/aromatic N) is 1. The van der Waals surface area contributed by atoms with Crippen LogP contribution >= 0.6 is 23.1 Å². The molecule has 0 atom stereocenters. The first kappa shape index (κ1) is 17.1. The molecule has 0 spiro atoms. The number of thiophene rings is 1. The number of rotatable bonds is 9. The number of carbonyl (C=O) groups excluding carboxylic acids is 1. The zero-order valence-electron chi connectivity index (χ0n) is 12.0. The highest BCUT2D eigenvalue weighted by molar-refractivity contribution is 7.99. The topological polar surface area (TPSA) is 90.8 Å². The predicted molar refractivity (Wildman–Crippen MR) is 85.0 cm³/mol. The van der Waals surface area contributed by atoms with E-state index in [0.29, 0.717) is 36.9 Å². The largest absolute Gasteiger partial charge is 0.396 e. The van der Waals surface area contributed by atoms with Gasteiger partial charge in [-0.2, -0.15) is 0 Å². The fourth-order valence-corrected chi connectivity index (χ4v) is 3.81. The van der Waals surface area contributed by atoms with E-state index in [1.165, 1.54) is 23.1 Å². The summed E-state index contributed by atoms with van der Waals surface area (Å²) in [5.74, 6) is -0.493. The van der Waals surface area contributed by atoms with Crippen LogP contribution in [0.25, 0.3) is 0 Å². The molecule has 0 aliphatic carbocycles. The van der Waals surface area contributed by atoms with Gasteiger partial charge >= 0.3 is 0 Å². The van der Waals surface area contributed by atoms with E-state index in [0.717, 1.165) is 9.90 Å². The molecule has 0 saturated heterocycles. The van der Waals surface area contributed by atoms with E-state index in [4.69, 9.17) is 20.9 Å². The van der Waals surface area contributed by atoms with Crippen LogP contribution in [0.4, 0.5) is 10.7 Å². The smallest absolute Gasteiger partial charge is 0.261 e. The number of hydrogen-bond donors (Lipinski definition) is 2. The highest BCUT2D eigenvalue weighted by Gasteiger charge is 2.22. The lowest BCUT2D eigenvalue weighted by molar-refractivity contribution is 0.100. The fourth-order valence-electron chi connectivity index (χ4n) is 1.72. The van der Waals surface area contributed by atoms with Crippen LogP contribution in [0.2, 0.25) is 0 Å². The molecule has 0 saturated carbocycles. The van der Waals surface area contributed by atoms with Crippen molar-refractivity contribution < 1.29 is 14.3 Å². The molecule has 1 aromatic heterocycles. The fraction of sp³-hybridized carbons (Fsp3) is 0.583. The Hall–Kier alpha value is -0.960. The Bertz CT molecular complexity index is 443. The molecule has 0 radical (unpaired) electrons. The summed E-state index contributed by atoms with van der Waals surface area (Å²) in [5.41, 5.74) is 11.8. The number of hydrogen-bond acceptors (Lipinski definition) is 7. The first-order valence-corrected chi connectivity index (χ1v) is 8.09. The van der Waals surface area contributed by atoms with Crippen LogP contribution in [-0.4, -0.2) is 52.7 Å². The Morgan fingerprint density at radius 1 is 1.30 bits per heavy atom. The summed E-state index contributed by atoms with van der Waals surface area (Å²) in [6, 6.07) is 0. The van der Waals surface area contributed by atoms with Crippen LogP contribution in [0.15, 0.2) is 4.90 Å². The Labute approximate surface area is 127 Å². The van der Waals surface area contributed by atoms with Crippen molar-refractivity contribution in [1.82, 2.24) is 0 Å². The molecule has 0 unspecified atom stereocenters. The number of anilines is 2. The van der Waals surface area contributed by atoms with Gasteiger partial charge < -0.3 is 25.8 Å². The van der Waals surface area contributed by atoms with Gasteiger partial charge in [0.1, 0.15) is 9.88 Å². The highest BCUT2D eigenvalue weighted by Crippen LogP contribution is 2.43. The number of nitrogens with two attached hydrogens (primary N) is 2. The van der Waals surface area contributed by atoms with Gasteiger partial charge in [-0.25, -0.2) is 0 Å². The van der Waals surface area contributed by atoms with Crippen molar-refractivity contribution in [2.24, 2.45) is 5.73 Å². The minimum Gasteiger partial charge on any atom is -0.396 e. The summed E-state index contributed by atoms with van der Waals surface area (Å²) < 4.78 is 10.2. The molecule has 0 aromatic carbocycles. The predicted octanol–water partition coefficient (Wildman–Crippen LogP) is 1.25. The van der Waals surface area contributed by atoms with Crippen molar-refractivity contribution in [2.75, 3.05) is 57.4 Å². The zero-order valence-corrected chi connectivity index (χ0v) is 13.6. The van der Waals surface area contributed by atoms with Gasteiger partial charge in [0.05, 0.1) is 23.8 Å². The van der Waals surface area contributed by atoms with Crippen LogP contribution in [0.5, 0.6) is 0 Å². The second-order valence-electron chi connectivity index (χ2n) is 4.02. The molecular formula is C12H21N3O3S2. The monoisotopic (exact) mass is 319 g/mol. The SMILES string of the molecule is COCCN(CCOC)c1sc(C(N)=O)c(N)c1SC. The first-order chi connectivity index (χ1) is 9.56. The molecule has 8 heteroatoms. The molecule has 4 N–H and O–H groups in total. The van der Waals surface area contributed by atoms with Crippen molar-refractivity contribution in [3.8, 4) is 0 Å². The van der Waals surface area contributed by atoms with Crippen molar-refractivity contribution >= 4 is 39.7 Å². The Morgan fingerprint density at radius 3 is 2.25 bits per heavy atom. The standard InChI is InChI=1S/C12H21N3O3S2/c1-17-6-4-15(5-7-18-2)12-10(19-3)8(13)9(20-12)11(14)16/h4-7,13H2,1-3H3,(H2,14,16). The van der Waals surface area contributed by atoms with Gasteiger partial charge in [0, 0.05) is 27.3 Å². The quantitative estimate of drug-likeness (QED) is 0.666. The minimum atomic E-state index is -0.493. The van der Waals surface area contributed by atoms with Gasteiger partial charge in [-0.05, 0) is 6.26 Å². The van der Waals surface area contributed by atoms with Crippen molar-refractivity contribution in [2.45, 2.75) is 4.90 Å². The van der Waals surface area contributed by atoms with Gasteiger partial charge in [0.15, 0.2) is 0 Å². The lowest BCUT2D eigenvalue weighted by atomic mass is 10.3. The molecule has 6 nitrogen and oxygen atoms in total. The number of ether oxygens (including phenoxy) is 2. The molecule has 1 aromatic rings. The average molecular weight is 319 g/mol. The third kappa shape index (κ3) is 4.02. The maximum absolute atomic E-state index is 11.4.